The van der Waals surface area contributed by atoms with Crippen molar-refractivity contribution in [3.05, 3.63) is 23.8 Å². The van der Waals surface area contributed by atoms with Crippen molar-refractivity contribution >= 4 is 27.5 Å². The summed E-state index contributed by atoms with van der Waals surface area (Å²) in [6.07, 6.45) is 3.75. The zero-order valence-electron chi connectivity index (χ0n) is 15.9. The number of nitrogens with one attached hydrogen (secondary N) is 1. The fraction of sp³-hybridized carbons (Fsp3) is 0.500. The van der Waals surface area contributed by atoms with Crippen LogP contribution in [0.3, 0.4) is 0 Å². The molecule has 2 amide bonds. The molecule has 3 heterocycles. The number of primary amides is 1. The molecule has 0 saturated carbocycles. The van der Waals surface area contributed by atoms with Gasteiger partial charge < -0.3 is 11.1 Å². The zero-order valence-corrected chi connectivity index (χ0v) is 16.7. The van der Waals surface area contributed by atoms with E-state index < -0.39 is 21.8 Å². The molecule has 1 saturated heterocycles. The van der Waals surface area contributed by atoms with Gasteiger partial charge in [0.1, 0.15) is 10.6 Å². The molecular weight excluding hydrogens is 386 g/mol. The average molecular weight is 409 g/mol. The van der Waals surface area contributed by atoms with Gasteiger partial charge in [-0.1, -0.05) is 0 Å². The van der Waals surface area contributed by atoms with Gasteiger partial charge in [0.05, 0.1) is 29.7 Å². The molecule has 1 atom stereocenters. The smallest absolute Gasteiger partial charge is 0.269 e. The van der Waals surface area contributed by atoms with E-state index in [1.54, 1.807) is 21.0 Å². The van der Waals surface area contributed by atoms with Crippen molar-refractivity contribution < 1.29 is 18.0 Å². The van der Waals surface area contributed by atoms with Crippen molar-refractivity contribution in [2.24, 2.45) is 25.7 Å². The van der Waals surface area contributed by atoms with Crippen molar-refractivity contribution in [1.29, 1.82) is 0 Å². The van der Waals surface area contributed by atoms with Crippen LogP contribution in [-0.4, -0.2) is 57.2 Å². The first kappa shape index (κ1) is 20.0. The topological polar surface area (TPSA) is 145 Å². The molecule has 0 aromatic carbocycles. The van der Waals surface area contributed by atoms with Crippen LogP contribution in [0.1, 0.15) is 29.0 Å². The Labute approximate surface area is 162 Å². The van der Waals surface area contributed by atoms with E-state index in [1.807, 2.05) is 0 Å². The lowest BCUT2D eigenvalue weighted by Gasteiger charge is -2.31. The molecule has 3 N–H and O–H groups in total. The van der Waals surface area contributed by atoms with Gasteiger partial charge in [-0.25, -0.2) is 8.42 Å². The van der Waals surface area contributed by atoms with Gasteiger partial charge in [0.15, 0.2) is 0 Å². The molecule has 0 radical (unpaired) electrons. The number of hydrogen-bond donors (Lipinski definition) is 2. The third-order valence-corrected chi connectivity index (χ3v) is 6.96. The third-order valence-electron chi connectivity index (χ3n) is 4.99. The summed E-state index contributed by atoms with van der Waals surface area (Å²) in [5, 5.41) is 10.6. The van der Waals surface area contributed by atoms with Gasteiger partial charge in [-0.15, -0.1) is 0 Å². The summed E-state index contributed by atoms with van der Waals surface area (Å²) >= 11 is 0. The zero-order chi connectivity index (χ0) is 20.6. The second-order valence-electron chi connectivity index (χ2n) is 6.80. The van der Waals surface area contributed by atoms with Gasteiger partial charge in [0.2, 0.25) is 15.9 Å². The van der Waals surface area contributed by atoms with Crippen LogP contribution in [0.25, 0.3) is 0 Å². The number of rotatable bonds is 5. The Morgan fingerprint density at radius 3 is 2.50 bits per heavy atom. The normalized spacial score (nSPS) is 18.2. The summed E-state index contributed by atoms with van der Waals surface area (Å²) < 4.78 is 30.0. The standard InChI is InChI=1S/C16H23N7O4S/c1-10-13(8-19-21(10)2)28(26,27)23-6-4-5-11(9-23)16(25)20-12-7-18-22(3)14(12)15(17)24/h7-8,11H,4-6,9H2,1-3H3,(H2,17,24)(H,20,25)/t11-/m0/s1. The van der Waals surface area contributed by atoms with Gasteiger partial charge >= 0.3 is 0 Å². The Balaban J connectivity index is 1.77. The lowest BCUT2D eigenvalue weighted by molar-refractivity contribution is -0.120. The lowest BCUT2D eigenvalue weighted by Crippen LogP contribution is -2.43. The molecule has 3 rings (SSSR count). The first-order chi connectivity index (χ1) is 13.1. The number of aryl methyl sites for hydroxylation is 2. The highest BCUT2D eigenvalue weighted by Gasteiger charge is 2.35. The minimum absolute atomic E-state index is 0.0503. The van der Waals surface area contributed by atoms with Gasteiger partial charge in [0, 0.05) is 27.2 Å². The maximum Gasteiger partial charge on any atom is 0.269 e. The van der Waals surface area contributed by atoms with Crippen molar-refractivity contribution in [3.63, 3.8) is 0 Å². The molecule has 0 bridgehead atoms. The van der Waals surface area contributed by atoms with Gasteiger partial charge in [0.25, 0.3) is 5.91 Å². The van der Waals surface area contributed by atoms with Crippen molar-refractivity contribution in [2.45, 2.75) is 24.7 Å². The van der Waals surface area contributed by atoms with Gasteiger partial charge in [-0.05, 0) is 19.8 Å². The monoisotopic (exact) mass is 409 g/mol. The summed E-state index contributed by atoms with van der Waals surface area (Å²) in [5.74, 6) is -1.64. The SMILES string of the molecule is Cc1c(S(=O)(=O)N2CCC[C@H](C(=O)Nc3cnn(C)c3C(N)=O)C2)cnn1C. The maximum atomic E-state index is 13.0. The first-order valence-electron chi connectivity index (χ1n) is 8.74. The number of carbonyl (C=O) groups excluding carboxylic acids is 2. The molecule has 2 aromatic heterocycles. The molecule has 11 nitrogen and oxygen atoms in total. The van der Waals surface area contributed by atoms with Crippen LogP contribution < -0.4 is 11.1 Å². The number of amides is 2. The molecular formula is C16H23N7O4S. The molecule has 1 aliphatic rings. The van der Waals surface area contributed by atoms with E-state index in [-0.39, 0.29) is 28.7 Å². The number of carbonyl (C=O) groups is 2. The second-order valence-corrected chi connectivity index (χ2v) is 8.71. The maximum absolute atomic E-state index is 13.0. The molecule has 28 heavy (non-hydrogen) atoms. The molecule has 0 unspecified atom stereocenters. The molecule has 1 aliphatic heterocycles. The quantitative estimate of drug-likeness (QED) is 0.687. The minimum atomic E-state index is -3.75. The first-order valence-corrected chi connectivity index (χ1v) is 10.2. The Hall–Kier alpha value is -2.73. The van der Waals surface area contributed by atoms with Crippen LogP contribution in [0.15, 0.2) is 17.3 Å². The lowest BCUT2D eigenvalue weighted by atomic mass is 9.99. The summed E-state index contributed by atoms with van der Waals surface area (Å²) in [6, 6.07) is 0. The van der Waals surface area contributed by atoms with E-state index in [0.717, 1.165) is 0 Å². The Morgan fingerprint density at radius 2 is 1.89 bits per heavy atom. The minimum Gasteiger partial charge on any atom is -0.364 e. The highest BCUT2D eigenvalue weighted by Crippen LogP contribution is 2.26. The van der Waals surface area contributed by atoms with Crippen LogP contribution in [0.4, 0.5) is 5.69 Å². The van der Waals surface area contributed by atoms with E-state index in [9.17, 15) is 18.0 Å². The van der Waals surface area contributed by atoms with Crippen LogP contribution in [0.5, 0.6) is 0 Å². The third kappa shape index (κ3) is 3.52. The molecule has 0 aliphatic carbocycles. The number of sulfonamides is 1. The van der Waals surface area contributed by atoms with E-state index in [0.29, 0.717) is 25.1 Å². The number of hydrogen-bond acceptors (Lipinski definition) is 6. The summed E-state index contributed by atoms with van der Waals surface area (Å²) in [5.41, 5.74) is 6.16. The van der Waals surface area contributed by atoms with Gasteiger partial charge in [-0.3, -0.25) is 19.0 Å². The number of aromatic nitrogens is 4. The summed E-state index contributed by atoms with van der Waals surface area (Å²) in [6.45, 7) is 2.07. The van der Waals surface area contributed by atoms with Gasteiger partial charge in [-0.2, -0.15) is 14.5 Å². The highest BCUT2D eigenvalue weighted by molar-refractivity contribution is 7.89. The van der Waals surface area contributed by atoms with E-state index in [2.05, 4.69) is 15.5 Å². The van der Waals surface area contributed by atoms with Crippen molar-refractivity contribution in [2.75, 3.05) is 18.4 Å². The number of piperidine rings is 1. The molecule has 2 aromatic rings. The second kappa shape index (κ2) is 7.36. The number of anilines is 1. The summed E-state index contributed by atoms with van der Waals surface area (Å²) in [7, 11) is -0.535. The average Bonchev–Trinajstić information content (AvgIpc) is 3.18. The Morgan fingerprint density at radius 1 is 1.21 bits per heavy atom. The van der Waals surface area contributed by atoms with Crippen LogP contribution in [0.2, 0.25) is 0 Å². The van der Waals surface area contributed by atoms with Crippen molar-refractivity contribution in [3.8, 4) is 0 Å². The molecule has 152 valence electrons. The fourth-order valence-corrected chi connectivity index (χ4v) is 5.01. The van der Waals surface area contributed by atoms with Crippen LogP contribution >= 0.6 is 0 Å². The van der Waals surface area contributed by atoms with Crippen LogP contribution in [0, 0.1) is 12.8 Å². The fourth-order valence-electron chi connectivity index (χ4n) is 3.30. The number of nitrogens with zero attached hydrogens (tertiary/aromatic N) is 5. The van der Waals surface area contributed by atoms with Crippen molar-refractivity contribution in [1.82, 2.24) is 23.9 Å². The predicted octanol–water partition coefficient (Wildman–Crippen LogP) is -0.400. The molecule has 0 spiro atoms. The molecule has 12 heteroatoms. The van der Waals surface area contributed by atoms with Crippen LogP contribution in [-0.2, 0) is 28.9 Å². The summed E-state index contributed by atoms with van der Waals surface area (Å²) in [4.78, 5) is 24.4. The Bertz CT molecular complexity index is 1020. The highest BCUT2D eigenvalue weighted by atomic mass is 32.2. The van der Waals surface area contributed by atoms with E-state index in [1.165, 1.54) is 26.1 Å². The van der Waals surface area contributed by atoms with E-state index >= 15 is 0 Å². The molecule has 1 fully saturated rings. The Kier molecular flexibility index (Phi) is 5.26. The van der Waals surface area contributed by atoms with E-state index in [4.69, 9.17) is 5.73 Å². The predicted molar refractivity (Wildman–Crippen MR) is 99.8 cm³/mol. The number of nitrogens with two attached hydrogens (primary N) is 1. The largest absolute Gasteiger partial charge is 0.364 e.